The molecule has 25 heavy (non-hydrogen) atoms. The number of hydrogen-bond donors (Lipinski definition) is 0. The van der Waals surface area contributed by atoms with E-state index in [9.17, 15) is 9.18 Å². The summed E-state index contributed by atoms with van der Waals surface area (Å²) < 4.78 is 19.1. The number of thioether (sulfide) groups is 1. The Labute approximate surface area is 150 Å². The van der Waals surface area contributed by atoms with Crippen LogP contribution in [0.2, 0.25) is 0 Å². The molecule has 0 saturated carbocycles. The number of likely N-dealkylation sites (N-methyl/N-ethyl adjacent to an activating group) is 1. The van der Waals surface area contributed by atoms with E-state index in [0.29, 0.717) is 15.8 Å². The third-order valence-corrected chi connectivity index (χ3v) is 4.84. The fourth-order valence-electron chi connectivity index (χ4n) is 2.41. The van der Waals surface area contributed by atoms with Crippen LogP contribution in [0.1, 0.15) is 11.1 Å². The summed E-state index contributed by atoms with van der Waals surface area (Å²) >= 11 is 1.33. The van der Waals surface area contributed by atoms with Gasteiger partial charge < -0.3 is 4.74 Å². The minimum atomic E-state index is -0.293. The molecule has 1 amide bonds. The van der Waals surface area contributed by atoms with Gasteiger partial charge in [0.25, 0.3) is 5.91 Å². The lowest BCUT2D eigenvalue weighted by molar-refractivity contribution is -0.121. The Balaban J connectivity index is 1.82. The molecule has 2 aromatic carbocycles. The Morgan fingerprint density at radius 1 is 1.24 bits per heavy atom. The highest BCUT2D eigenvalue weighted by Gasteiger charge is 2.29. The Morgan fingerprint density at radius 2 is 2.04 bits per heavy atom. The first-order chi connectivity index (χ1) is 12.1. The summed E-state index contributed by atoms with van der Waals surface area (Å²) in [7, 11) is 3.36. The molecule has 6 heteroatoms. The number of carbonyl (C=O) groups excluding carboxylic acids is 1. The van der Waals surface area contributed by atoms with Gasteiger partial charge in [-0.15, -0.1) is 0 Å². The predicted molar refractivity (Wildman–Crippen MR) is 98.9 cm³/mol. The Hall–Kier alpha value is -2.60. The molecule has 1 aliphatic heterocycles. The van der Waals surface area contributed by atoms with E-state index in [1.165, 1.54) is 28.8 Å². The Bertz CT molecular complexity index is 864. The van der Waals surface area contributed by atoms with Crippen molar-refractivity contribution >= 4 is 28.9 Å². The number of nitrogens with zero attached hydrogens (tertiary/aromatic N) is 2. The van der Waals surface area contributed by atoms with Crippen molar-refractivity contribution < 1.29 is 13.9 Å². The lowest BCUT2D eigenvalue weighted by Crippen LogP contribution is -2.23. The molecule has 1 aliphatic rings. The molecule has 1 saturated heterocycles. The normalized spacial score (nSPS) is 17.6. The van der Waals surface area contributed by atoms with Gasteiger partial charge in [-0.05, 0) is 41.6 Å². The molecular weight excluding hydrogens is 339 g/mol. The second-order valence-electron chi connectivity index (χ2n) is 5.44. The van der Waals surface area contributed by atoms with Crippen molar-refractivity contribution in [3.63, 3.8) is 0 Å². The summed E-state index contributed by atoms with van der Waals surface area (Å²) in [6.07, 6.45) is 1.79. The minimum Gasteiger partial charge on any atom is -0.488 e. The molecular formula is C19H17FN2O2S. The van der Waals surface area contributed by atoms with E-state index >= 15 is 0 Å². The lowest BCUT2D eigenvalue weighted by Gasteiger charge is -2.10. The molecule has 1 fully saturated rings. The van der Waals surface area contributed by atoms with Crippen LogP contribution in [-0.4, -0.2) is 30.1 Å². The lowest BCUT2D eigenvalue weighted by atomic mass is 10.1. The fourth-order valence-corrected chi connectivity index (χ4v) is 3.33. The second-order valence-corrected chi connectivity index (χ2v) is 6.45. The molecule has 0 aliphatic carbocycles. The summed E-state index contributed by atoms with van der Waals surface area (Å²) in [5.74, 6) is 0.251. The van der Waals surface area contributed by atoms with Crippen molar-refractivity contribution in [3.8, 4) is 5.75 Å². The third-order valence-electron chi connectivity index (χ3n) is 3.68. The molecule has 1 heterocycles. The van der Waals surface area contributed by atoms with Gasteiger partial charge in [-0.2, -0.15) is 0 Å². The summed E-state index contributed by atoms with van der Waals surface area (Å²) in [5.41, 5.74) is 1.54. The van der Waals surface area contributed by atoms with Gasteiger partial charge in [0.2, 0.25) is 0 Å². The van der Waals surface area contributed by atoms with E-state index in [-0.39, 0.29) is 18.3 Å². The molecule has 0 N–H and O–H groups in total. The fraction of sp³-hybridized carbons (Fsp3) is 0.158. The van der Waals surface area contributed by atoms with Gasteiger partial charge in [0, 0.05) is 19.7 Å². The van der Waals surface area contributed by atoms with E-state index < -0.39 is 0 Å². The van der Waals surface area contributed by atoms with E-state index in [2.05, 4.69) is 4.99 Å². The van der Waals surface area contributed by atoms with Gasteiger partial charge in [-0.3, -0.25) is 14.7 Å². The third kappa shape index (κ3) is 3.91. The zero-order valence-electron chi connectivity index (χ0n) is 13.9. The summed E-state index contributed by atoms with van der Waals surface area (Å²) in [5, 5.41) is 0.661. The van der Waals surface area contributed by atoms with Gasteiger partial charge in [0.1, 0.15) is 18.2 Å². The van der Waals surface area contributed by atoms with Crippen LogP contribution in [0.25, 0.3) is 6.08 Å². The summed E-state index contributed by atoms with van der Waals surface area (Å²) in [6, 6.07) is 13.7. The first kappa shape index (κ1) is 17.2. The number of ether oxygens (including phenoxy) is 1. The van der Waals surface area contributed by atoms with Crippen LogP contribution in [0.5, 0.6) is 5.75 Å². The van der Waals surface area contributed by atoms with E-state index in [1.54, 1.807) is 32.3 Å². The van der Waals surface area contributed by atoms with Gasteiger partial charge in [-0.25, -0.2) is 4.39 Å². The molecule has 0 radical (unpaired) electrons. The van der Waals surface area contributed by atoms with E-state index in [4.69, 9.17) is 4.74 Å². The highest BCUT2D eigenvalue weighted by atomic mass is 32.2. The highest BCUT2D eigenvalue weighted by molar-refractivity contribution is 8.18. The highest BCUT2D eigenvalue weighted by Crippen LogP contribution is 2.33. The number of para-hydroxylation sites is 1. The first-order valence-electron chi connectivity index (χ1n) is 7.69. The van der Waals surface area contributed by atoms with Crippen molar-refractivity contribution in [3.05, 3.63) is 70.4 Å². The standard InChI is InChI=1S/C19H17FN2O2S/c1-21-19-22(2)18(23)17(25-19)11-14-7-3-4-9-16(14)24-12-13-6-5-8-15(20)10-13/h3-11H,12H2,1-2H3. The molecule has 3 rings (SSSR count). The van der Waals surface area contributed by atoms with Crippen LogP contribution >= 0.6 is 11.8 Å². The van der Waals surface area contributed by atoms with Gasteiger partial charge in [0.05, 0.1) is 4.91 Å². The van der Waals surface area contributed by atoms with Crippen LogP contribution in [0.15, 0.2) is 58.4 Å². The van der Waals surface area contributed by atoms with Crippen LogP contribution in [0.4, 0.5) is 4.39 Å². The zero-order chi connectivity index (χ0) is 17.8. The van der Waals surface area contributed by atoms with Crippen LogP contribution in [0, 0.1) is 5.82 Å². The van der Waals surface area contributed by atoms with Gasteiger partial charge in [-0.1, -0.05) is 30.3 Å². The first-order valence-corrected chi connectivity index (χ1v) is 8.51. The molecule has 4 nitrogen and oxygen atoms in total. The maximum absolute atomic E-state index is 13.3. The van der Waals surface area contributed by atoms with Crippen LogP contribution in [0.3, 0.4) is 0 Å². The Morgan fingerprint density at radius 3 is 2.76 bits per heavy atom. The molecule has 0 aromatic heterocycles. The van der Waals surface area contributed by atoms with Gasteiger partial charge >= 0.3 is 0 Å². The predicted octanol–water partition coefficient (Wildman–Crippen LogP) is 3.94. The molecule has 2 aromatic rings. The van der Waals surface area contributed by atoms with E-state index in [0.717, 1.165) is 11.1 Å². The number of benzene rings is 2. The van der Waals surface area contributed by atoms with Crippen molar-refractivity contribution in [2.24, 2.45) is 4.99 Å². The van der Waals surface area contributed by atoms with Crippen molar-refractivity contribution in [2.45, 2.75) is 6.61 Å². The minimum absolute atomic E-state index is 0.0921. The maximum Gasteiger partial charge on any atom is 0.266 e. The number of hydrogen-bond acceptors (Lipinski definition) is 4. The maximum atomic E-state index is 13.3. The average Bonchev–Trinajstić information content (AvgIpc) is 2.89. The number of aliphatic imine (C=N–C) groups is 1. The Kier molecular flexibility index (Phi) is 5.19. The molecule has 0 unspecified atom stereocenters. The van der Waals surface area contributed by atoms with Crippen molar-refractivity contribution in [1.29, 1.82) is 0 Å². The topological polar surface area (TPSA) is 41.9 Å². The van der Waals surface area contributed by atoms with E-state index in [1.807, 2.05) is 24.3 Å². The summed E-state index contributed by atoms with van der Waals surface area (Å²) in [4.78, 5) is 18.5. The van der Waals surface area contributed by atoms with Gasteiger partial charge in [0.15, 0.2) is 5.17 Å². The molecule has 0 bridgehead atoms. The summed E-state index contributed by atoms with van der Waals surface area (Å²) in [6.45, 7) is 0.251. The SMILES string of the molecule is CN=C1SC(=Cc2ccccc2OCc2cccc(F)c2)C(=O)N1C. The smallest absolute Gasteiger partial charge is 0.266 e. The number of amidine groups is 1. The quantitative estimate of drug-likeness (QED) is 0.780. The zero-order valence-corrected chi connectivity index (χ0v) is 14.7. The molecule has 128 valence electrons. The van der Waals surface area contributed by atoms with Crippen LogP contribution in [-0.2, 0) is 11.4 Å². The van der Waals surface area contributed by atoms with Crippen molar-refractivity contribution in [1.82, 2.24) is 4.90 Å². The molecule has 0 atom stereocenters. The largest absolute Gasteiger partial charge is 0.488 e. The molecule has 0 spiro atoms. The number of halogens is 1. The number of amides is 1. The average molecular weight is 356 g/mol. The monoisotopic (exact) mass is 356 g/mol. The second kappa shape index (κ2) is 7.53. The number of carbonyl (C=O) groups is 1. The van der Waals surface area contributed by atoms with Crippen molar-refractivity contribution in [2.75, 3.05) is 14.1 Å². The van der Waals surface area contributed by atoms with Crippen LogP contribution < -0.4 is 4.74 Å². The number of rotatable bonds is 4.